The van der Waals surface area contributed by atoms with Crippen LogP contribution in [0.2, 0.25) is 0 Å². The lowest BCUT2D eigenvalue weighted by atomic mass is 10.2. The first kappa shape index (κ1) is 13.6. The van der Waals surface area contributed by atoms with Gasteiger partial charge in [0.2, 0.25) is 0 Å². The minimum Gasteiger partial charge on any atom is -0.368 e. The van der Waals surface area contributed by atoms with E-state index in [0.717, 1.165) is 24.3 Å². The summed E-state index contributed by atoms with van der Waals surface area (Å²) in [5.74, 6) is 0.434. The van der Waals surface area contributed by atoms with E-state index in [-0.39, 0.29) is 11.5 Å². The van der Waals surface area contributed by atoms with Crippen LogP contribution >= 0.6 is 11.3 Å². The molecule has 1 N–H and O–H groups in total. The monoisotopic (exact) mass is 256 g/mol. The molecule has 0 radical (unpaired) electrons. The van der Waals surface area contributed by atoms with Gasteiger partial charge < -0.3 is 5.32 Å². The van der Waals surface area contributed by atoms with Crippen LogP contribution in [0.4, 0.5) is 0 Å². The number of nitrogens with one attached hydrogen (secondary N) is 1. The first-order valence-corrected chi connectivity index (χ1v) is 6.30. The molecule has 1 aromatic heterocycles. The van der Waals surface area contributed by atoms with Gasteiger partial charge in [-0.2, -0.15) is 0 Å². The van der Waals surface area contributed by atoms with Crippen molar-refractivity contribution in [3.63, 3.8) is 0 Å². The largest absolute Gasteiger partial charge is 0.368 e. The lowest BCUT2D eigenvalue weighted by molar-refractivity contribution is -0.463. The SMILES string of the molecule is CN=C(C[N+](=O)[O-])NCCCCc1nccs1. The fourth-order valence-electron chi connectivity index (χ4n) is 1.34. The zero-order chi connectivity index (χ0) is 12.5. The van der Waals surface area contributed by atoms with Gasteiger partial charge in [-0.05, 0) is 19.3 Å². The van der Waals surface area contributed by atoms with Crippen molar-refractivity contribution in [1.29, 1.82) is 0 Å². The Balaban J connectivity index is 2.09. The van der Waals surface area contributed by atoms with Crippen molar-refractivity contribution in [3.8, 4) is 0 Å². The van der Waals surface area contributed by atoms with E-state index in [1.54, 1.807) is 24.6 Å². The summed E-state index contributed by atoms with van der Waals surface area (Å²) in [4.78, 5) is 17.9. The minimum atomic E-state index is -0.384. The molecular weight excluding hydrogens is 240 g/mol. The summed E-state index contributed by atoms with van der Waals surface area (Å²) in [7, 11) is 1.56. The van der Waals surface area contributed by atoms with Gasteiger partial charge in [0.15, 0.2) is 5.84 Å². The summed E-state index contributed by atoms with van der Waals surface area (Å²) >= 11 is 1.66. The van der Waals surface area contributed by atoms with E-state index in [1.165, 1.54) is 0 Å². The lowest BCUT2D eigenvalue weighted by Crippen LogP contribution is -2.31. The maximum Gasteiger partial charge on any atom is 0.259 e. The Morgan fingerprint density at radius 2 is 2.47 bits per heavy atom. The zero-order valence-electron chi connectivity index (χ0n) is 9.76. The van der Waals surface area contributed by atoms with Crippen molar-refractivity contribution in [2.75, 3.05) is 20.1 Å². The van der Waals surface area contributed by atoms with Gasteiger partial charge in [-0.1, -0.05) is 0 Å². The van der Waals surface area contributed by atoms with Crippen LogP contribution in [0.3, 0.4) is 0 Å². The maximum atomic E-state index is 10.3. The predicted octanol–water partition coefficient (Wildman–Crippen LogP) is 1.36. The third kappa shape index (κ3) is 5.96. The second kappa shape index (κ2) is 7.72. The van der Waals surface area contributed by atoms with Crippen LogP contribution in [0.5, 0.6) is 0 Å². The van der Waals surface area contributed by atoms with E-state index in [0.29, 0.717) is 12.4 Å². The second-order valence-corrected chi connectivity index (χ2v) is 4.45. The van der Waals surface area contributed by atoms with Crippen molar-refractivity contribution < 1.29 is 4.92 Å². The maximum absolute atomic E-state index is 10.3. The molecule has 0 atom stereocenters. The van der Waals surface area contributed by atoms with Crippen molar-refractivity contribution in [1.82, 2.24) is 10.3 Å². The molecule has 0 fully saturated rings. The quantitative estimate of drug-likeness (QED) is 0.262. The summed E-state index contributed by atoms with van der Waals surface area (Å²) in [6, 6.07) is 0. The molecule has 1 rings (SSSR count). The Hall–Kier alpha value is -1.50. The Bertz CT molecular complexity index is 364. The molecule has 0 saturated heterocycles. The molecule has 1 heterocycles. The van der Waals surface area contributed by atoms with Crippen LogP contribution < -0.4 is 5.32 Å². The van der Waals surface area contributed by atoms with Gasteiger partial charge in [-0.25, -0.2) is 4.98 Å². The van der Waals surface area contributed by atoms with Crippen molar-refractivity contribution >= 4 is 17.2 Å². The highest BCUT2D eigenvalue weighted by Crippen LogP contribution is 2.07. The molecule has 94 valence electrons. The number of hydrogen-bond donors (Lipinski definition) is 1. The number of hydrogen-bond acceptors (Lipinski definition) is 5. The van der Waals surface area contributed by atoms with E-state index >= 15 is 0 Å². The smallest absolute Gasteiger partial charge is 0.259 e. The number of nitro groups is 1. The number of unbranched alkanes of at least 4 members (excludes halogenated alkanes) is 1. The van der Waals surface area contributed by atoms with Crippen molar-refractivity contribution in [2.24, 2.45) is 4.99 Å². The molecule has 7 heteroatoms. The summed E-state index contributed by atoms with van der Waals surface area (Å²) in [6.45, 7) is 0.481. The molecule has 17 heavy (non-hydrogen) atoms. The first-order chi connectivity index (χ1) is 8.22. The lowest BCUT2D eigenvalue weighted by Gasteiger charge is -2.05. The van der Waals surface area contributed by atoms with E-state index in [4.69, 9.17) is 0 Å². The molecule has 0 unspecified atom stereocenters. The van der Waals surface area contributed by atoms with Crippen molar-refractivity contribution in [2.45, 2.75) is 19.3 Å². The molecule has 6 nitrogen and oxygen atoms in total. The van der Waals surface area contributed by atoms with Gasteiger partial charge in [0.1, 0.15) is 0 Å². The van der Waals surface area contributed by atoms with E-state index in [1.807, 2.05) is 5.38 Å². The van der Waals surface area contributed by atoms with Gasteiger partial charge in [0, 0.05) is 30.1 Å². The predicted molar refractivity (Wildman–Crippen MR) is 68.3 cm³/mol. The average Bonchev–Trinajstić information content (AvgIpc) is 2.79. The average molecular weight is 256 g/mol. The zero-order valence-corrected chi connectivity index (χ0v) is 10.6. The van der Waals surface area contributed by atoms with Crippen LogP contribution in [0.15, 0.2) is 16.6 Å². The molecule has 0 aromatic carbocycles. The Labute approximate surface area is 104 Å². The number of aliphatic imine (C=N–C) groups is 1. The Morgan fingerprint density at radius 3 is 3.06 bits per heavy atom. The number of aromatic nitrogens is 1. The summed E-state index contributed by atoms with van der Waals surface area (Å²) in [6.07, 6.45) is 4.75. The number of aryl methyl sites for hydroxylation is 1. The Kier molecular flexibility index (Phi) is 6.16. The fraction of sp³-hybridized carbons (Fsp3) is 0.600. The van der Waals surface area contributed by atoms with Gasteiger partial charge in [-0.15, -0.1) is 11.3 Å². The minimum absolute atomic E-state index is 0.233. The second-order valence-electron chi connectivity index (χ2n) is 3.47. The van der Waals surface area contributed by atoms with Crippen LogP contribution in [-0.4, -0.2) is 35.9 Å². The molecule has 1 aromatic rings. The van der Waals surface area contributed by atoms with E-state index < -0.39 is 0 Å². The van der Waals surface area contributed by atoms with Gasteiger partial charge >= 0.3 is 0 Å². The highest BCUT2D eigenvalue weighted by molar-refractivity contribution is 7.09. The van der Waals surface area contributed by atoms with Gasteiger partial charge in [-0.3, -0.25) is 15.1 Å². The van der Waals surface area contributed by atoms with Crippen LogP contribution in [0.25, 0.3) is 0 Å². The number of amidine groups is 1. The van der Waals surface area contributed by atoms with Crippen LogP contribution in [0, 0.1) is 10.1 Å². The Morgan fingerprint density at radius 1 is 1.65 bits per heavy atom. The number of rotatable bonds is 7. The third-order valence-electron chi connectivity index (χ3n) is 2.18. The third-order valence-corrected chi connectivity index (χ3v) is 3.02. The molecule has 0 aliphatic carbocycles. The molecule has 0 bridgehead atoms. The summed E-state index contributed by atoms with van der Waals surface area (Å²) < 4.78 is 0. The molecular formula is C10H16N4O2S. The topological polar surface area (TPSA) is 80.4 Å². The van der Waals surface area contributed by atoms with Crippen LogP contribution in [0.1, 0.15) is 17.8 Å². The molecule has 0 amide bonds. The van der Waals surface area contributed by atoms with E-state index in [9.17, 15) is 10.1 Å². The van der Waals surface area contributed by atoms with Crippen molar-refractivity contribution in [3.05, 3.63) is 26.7 Å². The van der Waals surface area contributed by atoms with Gasteiger partial charge in [0.25, 0.3) is 6.54 Å². The fourth-order valence-corrected chi connectivity index (χ4v) is 2.00. The van der Waals surface area contributed by atoms with Gasteiger partial charge in [0.05, 0.1) is 5.01 Å². The summed E-state index contributed by atoms with van der Waals surface area (Å²) in [5.41, 5.74) is 0. The first-order valence-electron chi connectivity index (χ1n) is 5.42. The molecule has 0 aliphatic rings. The molecule has 0 spiro atoms. The normalized spacial score (nSPS) is 11.5. The highest BCUT2D eigenvalue weighted by Gasteiger charge is 2.05. The van der Waals surface area contributed by atoms with E-state index in [2.05, 4.69) is 15.3 Å². The highest BCUT2D eigenvalue weighted by atomic mass is 32.1. The number of thiazole rings is 1. The number of nitrogens with zero attached hydrogens (tertiary/aromatic N) is 3. The molecule has 0 aliphatic heterocycles. The molecule has 0 saturated carbocycles. The standard InChI is InChI=1S/C10H16N4O2S/c1-11-9(8-14(15)16)12-5-3-2-4-10-13-6-7-17-10/h6-7H,2-5,8H2,1H3,(H,11,12). The van der Waals surface area contributed by atoms with Crippen LogP contribution in [-0.2, 0) is 6.42 Å². The summed E-state index contributed by atoms with van der Waals surface area (Å²) in [5, 5.41) is 16.4.